The van der Waals surface area contributed by atoms with Crippen molar-refractivity contribution in [2.75, 3.05) is 26.2 Å². The lowest BCUT2D eigenvalue weighted by atomic mass is 10.00. The zero-order valence-corrected chi connectivity index (χ0v) is 12.6. The molecule has 1 aliphatic rings. The van der Waals surface area contributed by atoms with Gasteiger partial charge < -0.3 is 5.32 Å². The van der Waals surface area contributed by atoms with Gasteiger partial charge in [0.05, 0.1) is 0 Å². The molecule has 0 amide bonds. The van der Waals surface area contributed by atoms with E-state index in [-0.39, 0.29) is 0 Å². The zero-order chi connectivity index (χ0) is 12.1. The van der Waals surface area contributed by atoms with Crippen molar-refractivity contribution < 1.29 is 0 Å². The average molecular weight is 344 g/mol. The average Bonchev–Trinajstić information content (AvgIpc) is 2.37. The standard InChI is InChI=1S/C14H21IN2/c1-2-4-14(17-9-7-16-8-10-17)12-5-3-6-13(15)11-12/h3,5-6,11,14,16H,2,4,7-10H2,1H3/t14-/m1/s1. The summed E-state index contributed by atoms with van der Waals surface area (Å²) in [6, 6.07) is 9.58. The minimum Gasteiger partial charge on any atom is -0.314 e. The monoisotopic (exact) mass is 344 g/mol. The van der Waals surface area contributed by atoms with E-state index in [2.05, 4.69) is 64.0 Å². The van der Waals surface area contributed by atoms with Gasteiger partial charge in [0.1, 0.15) is 0 Å². The summed E-state index contributed by atoms with van der Waals surface area (Å²) < 4.78 is 1.34. The fraction of sp³-hybridized carbons (Fsp3) is 0.571. The van der Waals surface area contributed by atoms with Gasteiger partial charge in [-0.25, -0.2) is 0 Å². The molecule has 0 radical (unpaired) electrons. The maximum atomic E-state index is 3.43. The van der Waals surface area contributed by atoms with Crippen LogP contribution in [0.3, 0.4) is 0 Å². The summed E-state index contributed by atoms with van der Waals surface area (Å²) in [5.74, 6) is 0. The van der Waals surface area contributed by atoms with Crippen molar-refractivity contribution >= 4 is 22.6 Å². The Morgan fingerprint density at radius 2 is 2.12 bits per heavy atom. The van der Waals surface area contributed by atoms with E-state index in [0.717, 1.165) is 13.1 Å². The Labute approximate surface area is 118 Å². The van der Waals surface area contributed by atoms with Crippen LogP contribution in [-0.4, -0.2) is 31.1 Å². The third-order valence-corrected chi connectivity index (χ3v) is 4.06. The fourth-order valence-electron chi connectivity index (χ4n) is 2.54. The topological polar surface area (TPSA) is 15.3 Å². The van der Waals surface area contributed by atoms with Gasteiger partial charge in [-0.15, -0.1) is 0 Å². The van der Waals surface area contributed by atoms with E-state index in [0.29, 0.717) is 6.04 Å². The molecule has 2 rings (SSSR count). The van der Waals surface area contributed by atoms with Gasteiger partial charge in [-0.3, -0.25) is 4.90 Å². The van der Waals surface area contributed by atoms with Gasteiger partial charge in [0.2, 0.25) is 0 Å². The maximum absolute atomic E-state index is 3.43. The number of nitrogens with one attached hydrogen (secondary N) is 1. The molecule has 0 spiro atoms. The molecule has 1 fully saturated rings. The lowest BCUT2D eigenvalue weighted by Gasteiger charge is -2.35. The Bertz CT molecular complexity index is 348. The summed E-state index contributed by atoms with van der Waals surface area (Å²) in [5, 5.41) is 3.43. The molecule has 0 aliphatic carbocycles. The lowest BCUT2D eigenvalue weighted by Crippen LogP contribution is -2.45. The van der Waals surface area contributed by atoms with Crippen LogP contribution in [0.15, 0.2) is 24.3 Å². The van der Waals surface area contributed by atoms with Crippen molar-refractivity contribution in [3.63, 3.8) is 0 Å². The summed E-state index contributed by atoms with van der Waals surface area (Å²) in [4.78, 5) is 2.63. The molecule has 0 unspecified atom stereocenters. The van der Waals surface area contributed by atoms with Crippen LogP contribution in [0.4, 0.5) is 0 Å². The van der Waals surface area contributed by atoms with Crippen LogP contribution in [0, 0.1) is 3.57 Å². The highest BCUT2D eigenvalue weighted by Crippen LogP contribution is 2.26. The first kappa shape index (κ1) is 13.3. The third kappa shape index (κ3) is 3.66. The number of halogens is 1. The van der Waals surface area contributed by atoms with Crippen molar-refractivity contribution in [2.24, 2.45) is 0 Å². The highest BCUT2D eigenvalue weighted by atomic mass is 127. The molecule has 3 heteroatoms. The first-order chi connectivity index (χ1) is 8.31. The zero-order valence-electron chi connectivity index (χ0n) is 10.5. The second kappa shape index (κ2) is 6.71. The predicted molar refractivity (Wildman–Crippen MR) is 81.3 cm³/mol. The molecule has 1 N–H and O–H groups in total. The van der Waals surface area contributed by atoms with Gasteiger partial charge in [-0.1, -0.05) is 25.5 Å². The first-order valence-electron chi connectivity index (χ1n) is 6.51. The molecule has 1 atom stereocenters. The molecule has 94 valence electrons. The molecule has 0 bridgehead atoms. The molecule has 0 saturated carbocycles. The van der Waals surface area contributed by atoms with Crippen LogP contribution < -0.4 is 5.32 Å². The van der Waals surface area contributed by atoms with Crippen LogP contribution in [0.5, 0.6) is 0 Å². The minimum absolute atomic E-state index is 0.608. The smallest absolute Gasteiger partial charge is 0.0349 e. The quantitative estimate of drug-likeness (QED) is 0.845. The van der Waals surface area contributed by atoms with Crippen LogP contribution in [0.2, 0.25) is 0 Å². The van der Waals surface area contributed by atoms with Crippen molar-refractivity contribution in [2.45, 2.75) is 25.8 Å². The number of hydrogen-bond donors (Lipinski definition) is 1. The molecule has 1 heterocycles. The molecule has 0 aromatic heterocycles. The largest absolute Gasteiger partial charge is 0.314 e. The Hall–Kier alpha value is -0.130. The summed E-state index contributed by atoms with van der Waals surface area (Å²) >= 11 is 2.41. The number of hydrogen-bond acceptors (Lipinski definition) is 2. The van der Waals surface area contributed by atoms with Crippen molar-refractivity contribution in [3.05, 3.63) is 33.4 Å². The Kier molecular flexibility index (Phi) is 5.25. The molecule has 1 saturated heterocycles. The summed E-state index contributed by atoms with van der Waals surface area (Å²) in [7, 11) is 0. The van der Waals surface area contributed by atoms with E-state index in [9.17, 15) is 0 Å². The van der Waals surface area contributed by atoms with Gasteiger partial charge >= 0.3 is 0 Å². The predicted octanol–water partition coefficient (Wildman–Crippen LogP) is 3.04. The minimum atomic E-state index is 0.608. The third-order valence-electron chi connectivity index (χ3n) is 3.39. The molecular formula is C14H21IN2. The Balaban J connectivity index is 2.15. The second-order valence-electron chi connectivity index (χ2n) is 4.65. The Morgan fingerprint density at radius 3 is 2.76 bits per heavy atom. The molecule has 2 nitrogen and oxygen atoms in total. The fourth-order valence-corrected chi connectivity index (χ4v) is 3.11. The molecular weight excluding hydrogens is 323 g/mol. The van der Waals surface area contributed by atoms with E-state index in [1.165, 1.54) is 35.1 Å². The van der Waals surface area contributed by atoms with Gasteiger partial charge in [0, 0.05) is 35.8 Å². The normalized spacial score (nSPS) is 19.2. The van der Waals surface area contributed by atoms with E-state index in [1.54, 1.807) is 0 Å². The van der Waals surface area contributed by atoms with Crippen molar-refractivity contribution in [3.8, 4) is 0 Å². The maximum Gasteiger partial charge on any atom is 0.0349 e. The number of benzene rings is 1. The Morgan fingerprint density at radius 1 is 1.35 bits per heavy atom. The van der Waals surface area contributed by atoms with Gasteiger partial charge in [-0.05, 0) is 46.7 Å². The lowest BCUT2D eigenvalue weighted by molar-refractivity contribution is 0.164. The highest BCUT2D eigenvalue weighted by Gasteiger charge is 2.21. The van der Waals surface area contributed by atoms with E-state index < -0.39 is 0 Å². The summed E-state index contributed by atoms with van der Waals surface area (Å²) in [6.07, 6.45) is 2.51. The number of rotatable bonds is 4. The van der Waals surface area contributed by atoms with Crippen LogP contribution in [0.1, 0.15) is 31.4 Å². The van der Waals surface area contributed by atoms with E-state index in [4.69, 9.17) is 0 Å². The van der Waals surface area contributed by atoms with E-state index >= 15 is 0 Å². The summed E-state index contributed by atoms with van der Waals surface area (Å²) in [6.45, 7) is 6.89. The summed E-state index contributed by atoms with van der Waals surface area (Å²) in [5.41, 5.74) is 1.49. The van der Waals surface area contributed by atoms with Gasteiger partial charge in [0.15, 0.2) is 0 Å². The molecule has 1 aromatic rings. The van der Waals surface area contributed by atoms with Crippen LogP contribution >= 0.6 is 22.6 Å². The molecule has 1 aliphatic heterocycles. The van der Waals surface area contributed by atoms with Gasteiger partial charge in [0.25, 0.3) is 0 Å². The van der Waals surface area contributed by atoms with Gasteiger partial charge in [-0.2, -0.15) is 0 Å². The van der Waals surface area contributed by atoms with Crippen LogP contribution in [-0.2, 0) is 0 Å². The SMILES string of the molecule is CCC[C@H](c1cccc(I)c1)N1CCNCC1. The highest BCUT2D eigenvalue weighted by molar-refractivity contribution is 14.1. The molecule has 1 aromatic carbocycles. The van der Waals surface area contributed by atoms with E-state index in [1.807, 2.05) is 0 Å². The van der Waals surface area contributed by atoms with Crippen LogP contribution in [0.25, 0.3) is 0 Å². The first-order valence-corrected chi connectivity index (χ1v) is 7.59. The van der Waals surface area contributed by atoms with Crippen molar-refractivity contribution in [1.29, 1.82) is 0 Å². The number of piperazine rings is 1. The number of nitrogens with zero attached hydrogens (tertiary/aromatic N) is 1. The van der Waals surface area contributed by atoms with Crippen molar-refractivity contribution in [1.82, 2.24) is 10.2 Å². The molecule has 17 heavy (non-hydrogen) atoms. The second-order valence-corrected chi connectivity index (χ2v) is 5.89.